The normalized spacial score (nSPS) is 11.4. The molecule has 0 spiro atoms. The van der Waals surface area contributed by atoms with Crippen molar-refractivity contribution in [3.05, 3.63) is 71.8 Å². The highest BCUT2D eigenvalue weighted by molar-refractivity contribution is 8.76. The van der Waals surface area contributed by atoms with E-state index in [2.05, 4.69) is 84.6 Å². The van der Waals surface area contributed by atoms with Gasteiger partial charge < -0.3 is 9.80 Å². The molecule has 0 amide bonds. The highest BCUT2D eigenvalue weighted by Crippen LogP contribution is 2.20. The van der Waals surface area contributed by atoms with E-state index in [1.807, 2.05) is 21.6 Å². The van der Waals surface area contributed by atoms with Crippen molar-refractivity contribution >= 4 is 21.6 Å². The Kier molecular flexibility index (Phi) is 10.9. The van der Waals surface area contributed by atoms with E-state index in [1.165, 1.54) is 22.6 Å². The highest BCUT2D eigenvalue weighted by Gasteiger charge is 2.02. The second-order valence-corrected chi connectivity index (χ2v) is 9.42. The van der Waals surface area contributed by atoms with Gasteiger partial charge >= 0.3 is 0 Å². The summed E-state index contributed by atoms with van der Waals surface area (Å²) in [4.78, 5) is 4.87. The van der Waals surface area contributed by atoms with Crippen molar-refractivity contribution in [2.45, 2.75) is 12.8 Å². The van der Waals surface area contributed by atoms with Gasteiger partial charge in [-0.25, -0.2) is 0 Å². The number of benzene rings is 2. The Morgan fingerprint density at radius 1 is 0.577 bits per heavy atom. The van der Waals surface area contributed by atoms with Gasteiger partial charge in [0.1, 0.15) is 0 Å². The first-order valence-corrected chi connectivity index (χ1v) is 11.9. The van der Waals surface area contributed by atoms with Crippen LogP contribution in [0.2, 0.25) is 0 Å². The number of nitrogens with zero attached hydrogens (tertiary/aromatic N) is 2. The molecule has 0 fully saturated rings. The van der Waals surface area contributed by atoms with Gasteiger partial charge in [-0.3, -0.25) is 0 Å². The van der Waals surface area contributed by atoms with Crippen molar-refractivity contribution in [3.8, 4) is 0 Å². The van der Waals surface area contributed by atoms with Crippen molar-refractivity contribution in [1.29, 1.82) is 0 Å². The predicted octanol–water partition coefficient (Wildman–Crippen LogP) is 4.72. The minimum absolute atomic E-state index is 1.14. The first kappa shape index (κ1) is 21.4. The standard InChI is InChI=1S/C22H32N2S2/c1-23(15-13-21-9-5-3-6-10-21)17-19-25-26-20-18-24(2)16-14-22-11-7-4-8-12-22/h3-12H,13-20H2,1-2H3. The summed E-state index contributed by atoms with van der Waals surface area (Å²) in [5, 5.41) is 0. The zero-order valence-corrected chi connectivity index (χ0v) is 17.8. The van der Waals surface area contributed by atoms with Crippen LogP contribution in [-0.2, 0) is 12.8 Å². The SMILES string of the molecule is CN(CCSSCCN(C)CCc1ccccc1)CCc1ccccc1. The first-order chi connectivity index (χ1) is 12.7. The molecule has 0 aliphatic carbocycles. The van der Waals surface area contributed by atoms with Crippen molar-refractivity contribution < 1.29 is 0 Å². The van der Waals surface area contributed by atoms with Crippen molar-refractivity contribution in [2.24, 2.45) is 0 Å². The molecule has 0 saturated heterocycles. The smallest absolute Gasteiger partial charge is 0.0165 e. The second kappa shape index (κ2) is 13.3. The molecule has 142 valence electrons. The maximum Gasteiger partial charge on any atom is 0.0165 e. The zero-order valence-electron chi connectivity index (χ0n) is 16.1. The molecule has 0 atom stereocenters. The van der Waals surface area contributed by atoms with E-state index in [1.54, 1.807) is 0 Å². The molecule has 0 heterocycles. The molecule has 0 radical (unpaired) electrons. The van der Waals surface area contributed by atoms with E-state index in [0.29, 0.717) is 0 Å². The number of hydrogen-bond donors (Lipinski definition) is 0. The molecule has 0 aromatic heterocycles. The largest absolute Gasteiger partial charge is 0.305 e. The van der Waals surface area contributed by atoms with Crippen molar-refractivity contribution in [1.82, 2.24) is 9.80 Å². The quantitative estimate of drug-likeness (QED) is 0.362. The molecule has 2 aromatic carbocycles. The highest BCUT2D eigenvalue weighted by atomic mass is 33.1. The Morgan fingerprint density at radius 3 is 1.35 bits per heavy atom. The average Bonchev–Trinajstić information content (AvgIpc) is 2.69. The fourth-order valence-electron chi connectivity index (χ4n) is 2.66. The third-order valence-electron chi connectivity index (χ3n) is 4.45. The lowest BCUT2D eigenvalue weighted by atomic mass is 10.1. The van der Waals surface area contributed by atoms with Gasteiger partial charge in [0.15, 0.2) is 0 Å². The van der Waals surface area contributed by atoms with Gasteiger partial charge in [-0.2, -0.15) is 0 Å². The van der Waals surface area contributed by atoms with E-state index in [4.69, 9.17) is 0 Å². The van der Waals surface area contributed by atoms with Crippen molar-refractivity contribution in [3.63, 3.8) is 0 Å². The summed E-state index contributed by atoms with van der Waals surface area (Å²) < 4.78 is 0. The monoisotopic (exact) mass is 388 g/mol. The Hall–Kier alpha value is -0.940. The zero-order chi connectivity index (χ0) is 18.5. The second-order valence-electron chi connectivity index (χ2n) is 6.72. The van der Waals surface area contributed by atoms with Crippen LogP contribution >= 0.6 is 21.6 Å². The summed E-state index contributed by atoms with van der Waals surface area (Å²) in [5.41, 5.74) is 2.86. The van der Waals surface area contributed by atoms with Gasteiger partial charge in [-0.15, -0.1) is 0 Å². The summed E-state index contributed by atoms with van der Waals surface area (Å²) >= 11 is 0. The van der Waals surface area contributed by atoms with Gasteiger partial charge in [0.05, 0.1) is 0 Å². The number of likely N-dealkylation sites (N-methyl/N-ethyl adjacent to an activating group) is 2. The first-order valence-electron chi connectivity index (χ1n) is 9.43. The van der Waals surface area contributed by atoms with E-state index >= 15 is 0 Å². The van der Waals surface area contributed by atoms with Crippen LogP contribution in [-0.4, -0.2) is 61.6 Å². The van der Waals surface area contributed by atoms with E-state index in [0.717, 1.165) is 39.0 Å². The summed E-state index contributed by atoms with van der Waals surface area (Å²) in [7, 11) is 8.47. The van der Waals surface area contributed by atoms with E-state index in [-0.39, 0.29) is 0 Å². The third kappa shape index (κ3) is 9.67. The van der Waals surface area contributed by atoms with E-state index in [9.17, 15) is 0 Å². The molecule has 2 rings (SSSR count). The van der Waals surface area contributed by atoms with Crippen LogP contribution < -0.4 is 0 Å². The van der Waals surface area contributed by atoms with Gasteiger partial charge in [0.2, 0.25) is 0 Å². The van der Waals surface area contributed by atoms with Crippen molar-refractivity contribution in [2.75, 3.05) is 51.8 Å². The molecule has 0 aliphatic rings. The van der Waals surface area contributed by atoms with Gasteiger partial charge in [-0.05, 0) is 38.1 Å². The lowest BCUT2D eigenvalue weighted by Crippen LogP contribution is -2.24. The third-order valence-corrected chi connectivity index (χ3v) is 6.81. The lowest BCUT2D eigenvalue weighted by Gasteiger charge is -2.17. The Morgan fingerprint density at radius 2 is 0.962 bits per heavy atom. The average molecular weight is 389 g/mol. The number of rotatable bonds is 13. The Balaban J connectivity index is 1.43. The van der Waals surface area contributed by atoms with Crippen LogP contribution in [0.1, 0.15) is 11.1 Å². The fraction of sp³-hybridized carbons (Fsp3) is 0.455. The lowest BCUT2D eigenvalue weighted by molar-refractivity contribution is 0.360. The Bertz CT molecular complexity index is 524. The minimum Gasteiger partial charge on any atom is -0.305 e. The summed E-state index contributed by atoms with van der Waals surface area (Å²) in [6, 6.07) is 21.5. The number of hydrogen-bond acceptors (Lipinski definition) is 4. The molecule has 26 heavy (non-hydrogen) atoms. The van der Waals surface area contributed by atoms with Crippen LogP contribution in [0.15, 0.2) is 60.7 Å². The van der Waals surface area contributed by atoms with Crippen LogP contribution in [0.4, 0.5) is 0 Å². The minimum atomic E-state index is 1.14. The van der Waals surface area contributed by atoms with Crippen LogP contribution in [0.3, 0.4) is 0 Å². The molecule has 0 unspecified atom stereocenters. The Labute approximate surface area is 167 Å². The summed E-state index contributed by atoms with van der Waals surface area (Å²) in [6.45, 7) is 4.59. The summed E-state index contributed by atoms with van der Waals surface area (Å²) in [6.07, 6.45) is 2.28. The molecular weight excluding hydrogens is 356 g/mol. The van der Waals surface area contributed by atoms with Gasteiger partial charge in [0, 0.05) is 37.7 Å². The molecule has 0 bridgehead atoms. The maximum absolute atomic E-state index is 2.44. The topological polar surface area (TPSA) is 6.48 Å². The predicted molar refractivity (Wildman–Crippen MR) is 120 cm³/mol. The molecule has 4 heteroatoms. The van der Waals surface area contributed by atoms with Crippen LogP contribution in [0.25, 0.3) is 0 Å². The van der Waals surface area contributed by atoms with Crippen LogP contribution in [0, 0.1) is 0 Å². The van der Waals surface area contributed by atoms with E-state index < -0.39 is 0 Å². The molecule has 0 N–H and O–H groups in total. The molecular formula is C22H32N2S2. The van der Waals surface area contributed by atoms with Crippen LogP contribution in [0.5, 0.6) is 0 Å². The summed E-state index contributed by atoms with van der Waals surface area (Å²) in [5.74, 6) is 2.40. The fourth-order valence-corrected chi connectivity index (χ4v) is 4.82. The van der Waals surface area contributed by atoms with Gasteiger partial charge in [-0.1, -0.05) is 82.3 Å². The molecule has 2 aromatic rings. The molecule has 2 nitrogen and oxygen atoms in total. The maximum atomic E-state index is 2.44. The molecule has 0 aliphatic heterocycles. The molecule has 0 saturated carbocycles. The van der Waals surface area contributed by atoms with Gasteiger partial charge in [0.25, 0.3) is 0 Å².